The molecule has 2 rings (SSSR count). The molecule has 0 atom stereocenters. The van der Waals surface area contributed by atoms with Gasteiger partial charge in [0.05, 0.1) is 16.4 Å². The zero-order valence-corrected chi connectivity index (χ0v) is 13.3. The van der Waals surface area contributed by atoms with E-state index in [1.54, 1.807) is 6.20 Å². The molecule has 0 aliphatic carbocycles. The van der Waals surface area contributed by atoms with E-state index in [2.05, 4.69) is 48.2 Å². The molecule has 0 aliphatic heterocycles. The van der Waals surface area contributed by atoms with E-state index in [4.69, 9.17) is 5.73 Å². The summed E-state index contributed by atoms with van der Waals surface area (Å²) >= 11 is 6.96. The molecule has 0 bridgehead atoms. The lowest BCUT2D eigenvalue weighted by Gasteiger charge is -2.12. The average molecular weight is 371 g/mol. The van der Waals surface area contributed by atoms with Gasteiger partial charge in [0.2, 0.25) is 0 Å². The lowest BCUT2D eigenvalue weighted by atomic mass is 10.2. The van der Waals surface area contributed by atoms with E-state index in [0.29, 0.717) is 5.69 Å². The van der Waals surface area contributed by atoms with E-state index in [1.165, 1.54) is 0 Å². The summed E-state index contributed by atoms with van der Waals surface area (Å²) < 4.78 is 1.95. The van der Waals surface area contributed by atoms with Crippen molar-refractivity contribution in [2.75, 3.05) is 11.1 Å². The Morgan fingerprint density at radius 1 is 1.22 bits per heavy atom. The maximum Gasteiger partial charge on any atom is 0.145 e. The number of benzene rings is 1. The predicted octanol–water partition coefficient (Wildman–Crippen LogP) is 4.55. The van der Waals surface area contributed by atoms with Crippen LogP contribution in [0, 0.1) is 13.8 Å². The van der Waals surface area contributed by atoms with Crippen LogP contribution in [-0.4, -0.2) is 4.98 Å². The number of hydrogen-bond acceptors (Lipinski definition) is 3. The third kappa shape index (κ3) is 2.67. The first-order chi connectivity index (χ1) is 8.49. The number of aromatic nitrogens is 1. The Morgan fingerprint density at radius 3 is 2.61 bits per heavy atom. The summed E-state index contributed by atoms with van der Waals surface area (Å²) in [6.45, 7) is 4.01. The summed E-state index contributed by atoms with van der Waals surface area (Å²) in [5.41, 5.74) is 9.64. The topological polar surface area (TPSA) is 50.9 Å². The first-order valence-electron chi connectivity index (χ1n) is 5.43. The monoisotopic (exact) mass is 369 g/mol. The van der Waals surface area contributed by atoms with Gasteiger partial charge in [0.15, 0.2) is 0 Å². The van der Waals surface area contributed by atoms with Gasteiger partial charge in [-0.05, 0) is 59.1 Å². The minimum Gasteiger partial charge on any atom is -0.397 e. The molecular weight excluding hydrogens is 358 g/mol. The van der Waals surface area contributed by atoms with Gasteiger partial charge in [-0.25, -0.2) is 4.98 Å². The smallest absolute Gasteiger partial charge is 0.145 e. The Morgan fingerprint density at radius 2 is 1.94 bits per heavy atom. The Hall–Kier alpha value is -1.07. The summed E-state index contributed by atoms with van der Waals surface area (Å²) in [7, 11) is 0. The standard InChI is InChI=1S/C13H13Br2N3/c1-7-5-9(14)3-4-11(7)18-13-12(15)8(2)10(16)6-17-13/h3-6H,16H2,1-2H3,(H,17,18). The number of nitrogens with one attached hydrogen (secondary N) is 1. The van der Waals surface area contributed by atoms with Crippen LogP contribution in [0.15, 0.2) is 33.3 Å². The number of nitrogens with two attached hydrogens (primary N) is 1. The predicted molar refractivity (Wildman–Crippen MR) is 83.2 cm³/mol. The first-order valence-corrected chi connectivity index (χ1v) is 7.01. The van der Waals surface area contributed by atoms with Gasteiger partial charge in [0.25, 0.3) is 0 Å². The highest BCUT2D eigenvalue weighted by Crippen LogP contribution is 2.31. The van der Waals surface area contributed by atoms with Crippen LogP contribution in [0.4, 0.5) is 17.2 Å². The lowest BCUT2D eigenvalue weighted by molar-refractivity contribution is 1.25. The zero-order chi connectivity index (χ0) is 13.3. The number of hydrogen-bond donors (Lipinski definition) is 2. The van der Waals surface area contributed by atoms with Gasteiger partial charge in [-0.15, -0.1) is 0 Å². The van der Waals surface area contributed by atoms with E-state index in [1.807, 2.05) is 26.0 Å². The molecule has 3 nitrogen and oxygen atoms in total. The SMILES string of the molecule is Cc1cc(Br)ccc1Nc1ncc(N)c(C)c1Br. The molecule has 0 fully saturated rings. The quantitative estimate of drug-likeness (QED) is 0.815. The second-order valence-corrected chi connectivity index (χ2v) is 5.79. The van der Waals surface area contributed by atoms with E-state index in [-0.39, 0.29) is 0 Å². The molecule has 0 saturated heterocycles. The number of nitrogens with zero attached hydrogens (tertiary/aromatic N) is 1. The van der Waals surface area contributed by atoms with Crippen molar-refractivity contribution in [3.8, 4) is 0 Å². The van der Waals surface area contributed by atoms with Gasteiger partial charge in [-0.2, -0.15) is 0 Å². The zero-order valence-electron chi connectivity index (χ0n) is 10.1. The van der Waals surface area contributed by atoms with Crippen LogP contribution in [0.5, 0.6) is 0 Å². The number of aryl methyl sites for hydroxylation is 1. The third-order valence-corrected chi connectivity index (χ3v) is 4.21. The number of anilines is 3. The number of nitrogen functional groups attached to an aromatic ring is 1. The second kappa shape index (κ2) is 5.28. The van der Waals surface area contributed by atoms with Crippen molar-refractivity contribution >= 4 is 49.1 Å². The summed E-state index contributed by atoms with van der Waals surface area (Å²) in [6.07, 6.45) is 1.66. The van der Waals surface area contributed by atoms with Gasteiger partial charge >= 0.3 is 0 Å². The largest absolute Gasteiger partial charge is 0.397 e. The fourth-order valence-corrected chi connectivity index (χ4v) is 2.48. The third-order valence-electron chi connectivity index (χ3n) is 2.74. The molecule has 0 amide bonds. The average Bonchev–Trinajstić information content (AvgIpc) is 2.33. The Labute approximate surface area is 123 Å². The summed E-state index contributed by atoms with van der Waals surface area (Å²) in [5.74, 6) is 0.770. The van der Waals surface area contributed by atoms with Crippen molar-refractivity contribution in [3.63, 3.8) is 0 Å². The van der Waals surface area contributed by atoms with E-state index >= 15 is 0 Å². The Bertz CT molecular complexity index is 597. The van der Waals surface area contributed by atoms with Crippen molar-refractivity contribution in [2.24, 2.45) is 0 Å². The molecule has 2 aromatic rings. The second-order valence-electron chi connectivity index (χ2n) is 4.09. The molecule has 18 heavy (non-hydrogen) atoms. The van der Waals surface area contributed by atoms with Crippen molar-refractivity contribution in [1.82, 2.24) is 4.98 Å². The highest BCUT2D eigenvalue weighted by atomic mass is 79.9. The maximum atomic E-state index is 5.81. The van der Waals surface area contributed by atoms with Crippen LogP contribution in [-0.2, 0) is 0 Å². The number of pyridine rings is 1. The van der Waals surface area contributed by atoms with Gasteiger partial charge in [0.1, 0.15) is 5.82 Å². The lowest BCUT2D eigenvalue weighted by Crippen LogP contribution is -2.00. The van der Waals surface area contributed by atoms with Crippen molar-refractivity contribution in [1.29, 1.82) is 0 Å². The molecule has 1 aromatic heterocycles. The van der Waals surface area contributed by atoms with Crippen LogP contribution < -0.4 is 11.1 Å². The van der Waals surface area contributed by atoms with E-state index in [9.17, 15) is 0 Å². The van der Waals surface area contributed by atoms with Crippen LogP contribution in [0.2, 0.25) is 0 Å². The highest BCUT2D eigenvalue weighted by molar-refractivity contribution is 9.11. The fourth-order valence-electron chi connectivity index (χ4n) is 1.57. The molecule has 0 radical (unpaired) electrons. The minimum absolute atomic E-state index is 0.681. The highest BCUT2D eigenvalue weighted by Gasteiger charge is 2.08. The molecule has 0 saturated carbocycles. The fraction of sp³-hybridized carbons (Fsp3) is 0.154. The molecule has 0 spiro atoms. The van der Waals surface area contributed by atoms with Gasteiger partial charge < -0.3 is 11.1 Å². The molecule has 94 valence electrons. The molecule has 3 N–H and O–H groups in total. The van der Waals surface area contributed by atoms with E-state index in [0.717, 1.165) is 31.6 Å². The molecule has 0 unspecified atom stereocenters. The van der Waals surface area contributed by atoms with Crippen LogP contribution in [0.3, 0.4) is 0 Å². The Kier molecular flexibility index (Phi) is 3.92. The first kappa shape index (κ1) is 13.4. The van der Waals surface area contributed by atoms with E-state index < -0.39 is 0 Å². The van der Waals surface area contributed by atoms with Gasteiger partial charge in [-0.1, -0.05) is 15.9 Å². The van der Waals surface area contributed by atoms with Crippen molar-refractivity contribution in [3.05, 3.63) is 44.5 Å². The molecule has 1 aromatic carbocycles. The molecule has 1 heterocycles. The molecule has 5 heteroatoms. The van der Waals surface area contributed by atoms with Crippen molar-refractivity contribution in [2.45, 2.75) is 13.8 Å². The number of halogens is 2. The van der Waals surface area contributed by atoms with Crippen LogP contribution in [0.1, 0.15) is 11.1 Å². The van der Waals surface area contributed by atoms with Crippen LogP contribution in [0.25, 0.3) is 0 Å². The summed E-state index contributed by atoms with van der Waals surface area (Å²) in [4.78, 5) is 4.30. The number of rotatable bonds is 2. The maximum absolute atomic E-state index is 5.81. The normalized spacial score (nSPS) is 10.4. The van der Waals surface area contributed by atoms with Crippen LogP contribution >= 0.6 is 31.9 Å². The van der Waals surface area contributed by atoms with Gasteiger partial charge in [-0.3, -0.25) is 0 Å². The Balaban J connectivity index is 2.37. The summed E-state index contributed by atoms with van der Waals surface area (Å²) in [5, 5.41) is 3.30. The summed E-state index contributed by atoms with van der Waals surface area (Å²) in [6, 6.07) is 6.06. The van der Waals surface area contributed by atoms with Crippen molar-refractivity contribution < 1.29 is 0 Å². The molecule has 0 aliphatic rings. The minimum atomic E-state index is 0.681. The molecular formula is C13H13Br2N3. The van der Waals surface area contributed by atoms with Gasteiger partial charge in [0, 0.05) is 10.2 Å².